The van der Waals surface area contributed by atoms with E-state index in [4.69, 9.17) is 4.74 Å². The fourth-order valence-corrected chi connectivity index (χ4v) is 5.70. The topological polar surface area (TPSA) is 114 Å². The largest absolute Gasteiger partial charge is 0.390 e. The monoisotopic (exact) mass is 549 g/mol. The first-order chi connectivity index (χ1) is 19.4. The van der Waals surface area contributed by atoms with Gasteiger partial charge in [-0.15, -0.1) is 0 Å². The normalized spacial score (nSPS) is 18.7. The van der Waals surface area contributed by atoms with Gasteiger partial charge in [0, 0.05) is 88.3 Å². The number of aliphatic hydroxyl groups is 1. The number of rotatable bonds is 10. The summed E-state index contributed by atoms with van der Waals surface area (Å²) in [5.41, 5.74) is 2.75. The molecular weight excluding hydrogens is 510 g/mol. The van der Waals surface area contributed by atoms with Crippen LogP contribution in [-0.2, 0) is 9.53 Å². The molecule has 3 aliphatic rings. The van der Waals surface area contributed by atoms with Crippen molar-refractivity contribution in [2.24, 2.45) is 0 Å². The molecular formula is C30H39N5O5. The lowest BCUT2D eigenvalue weighted by molar-refractivity contribution is -0.130. The van der Waals surface area contributed by atoms with E-state index in [2.05, 4.69) is 20.4 Å². The molecule has 40 heavy (non-hydrogen) atoms. The fraction of sp³-hybridized carbons (Fsp3) is 0.500. The molecule has 3 N–H and O–H groups in total. The molecule has 2 heterocycles. The number of carbonyl (C=O) groups is 3. The van der Waals surface area contributed by atoms with E-state index in [1.807, 2.05) is 17.0 Å². The average Bonchev–Trinajstić information content (AvgIpc) is 2.98. The minimum atomic E-state index is -0.681. The lowest BCUT2D eigenvalue weighted by Gasteiger charge is -2.35. The van der Waals surface area contributed by atoms with Crippen molar-refractivity contribution >= 4 is 28.8 Å². The standard InChI is InChI=1S/C30H39N5O5/c1-21(36)35-13-11-34(12-14-35)20-22(37)19-32-26-8-7-25(31-9-4-10-33-15-17-40-18-16-33)27-28(26)30(39)24-6-3-2-5-23(24)29(27)38/h2-3,5-8,22,31-32,37H,4,9-20H2,1H3/t22-/m0/s1. The third-order valence-corrected chi connectivity index (χ3v) is 7.96. The fourth-order valence-electron chi connectivity index (χ4n) is 5.70. The summed E-state index contributed by atoms with van der Waals surface area (Å²) in [6.45, 7) is 9.99. The first-order valence-corrected chi connectivity index (χ1v) is 14.2. The Morgan fingerprint density at radius 3 is 2.08 bits per heavy atom. The van der Waals surface area contributed by atoms with E-state index in [0.717, 1.165) is 39.3 Å². The van der Waals surface area contributed by atoms with E-state index in [0.29, 0.717) is 72.9 Å². The number of ether oxygens (including phenoxy) is 1. The molecule has 0 bridgehead atoms. The highest BCUT2D eigenvalue weighted by Gasteiger charge is 2.34. The Balaban J connectivity index is 1.27. The smallest absolute Gasteiger partial charge is 0.219 e. The van der Waals surface area contributed by atoms with Crippen LogP contribution >= 0.6 is 0 Å². The van der Waals surface area contributed by atoms with Gasteiger partial charge in [-0.3, -0.25) is 24.2 Å². The van der Waals surface area contributed by atoms with Gasteiger partial charge in [0.05, 0.1) is 30.4 Å². The van der Waals surface area contributed by atoms with Crippen molar-refractivity contribution < 1.29 is 24.2 Å². The molecule has 2 aliphatic heterocycles. The van der Waals surface area contributed by atoms with Gasteiger partial charge in [0.1, 0.15) is 0 Å². The van der Waals surface area contributed by atoms with Gasteiger partial charge in [0.2, 0.25) is 5.91 Å². The lowest BCUT2D eigenvalue weighted by atomic mass is 9.82. The van der Waals surface area contributed by atoms with Crippen LogP contribution in [0.2, 0.25) is 0 Å². The first-order valence-electron chi connectivity index (χ1n) is 14.2. The average molecular weight is 550 g/mol. The van der Waals surface area contributed by atoms with Gasteiger partial charge in [-0.2, -0.15) is 0 Å². The summed E-state index contributed by atoms with van der Waals surface area (Å²) in [4.78, 5) is 45.2. The van der Waals surface area contributed by atoms with Crippen molar-refractivity contribution in [1.82, 2.24) is 14.7 Å². The molecule has 10 nitrogen and oxygen atoms in total. The first kappa shape index (κ1) is 28.2. The predicted molar refractivity (Wildman–Crippen MR) is 153 cm³/mol. The van der Waals surface area contributed by atoms with Crippen molar-refractivity contribution in [1.29, 1.82) is 0 Å². The number of piperazine rings is 1. The Morgan fingerprint density at radius 1 is 0.875 bits per heavy atom. The third-order valence-electron chi connectivity index (χ3n) is 7.96. The molecule has 0 unspecified atom stereocenters. The van der Waals surface area contributed by atoms with Gasteiger partial charge >= 0.3 is 0 Å². The number of fused-ring (bicyclic) bond motifs is 2. The van der Waals surface area contributed by atoms with E-state index in [-0.39, 0.29) is 24.0 Å². The van der Waals surface area contributed by atoms with E-state index in [9.17, 15) is 19.5 Å². The quantitative estimate of drug-likeness (QED) is 0.324. The molecule has 1 atom stereocenters. The van der Waals surface area contributed by atoms with Crippen molar-refractivity contribution in [2.75, 3.05) is 89.3 Å². The second kappa shape index (κ2) is 12.9. The highest BCUT2D eigenvalue weighted by atomic mass is 16.5. The van der Waals surface area contributed by atoms with Gasteiger partial charge in [-0.25, -0.2) is 0 Å². The molecule has 2 aromatic carbocycles. The maximum Gasteiger partial charge on any atom is 0.219 e. The molecule has 2 saturated heterocycles. The van der Waals surface area contributed by atoms with Crippen LogP contribution in [0.15, 0.2) is 36.4 Å². The Bertz CT molecular complexity index is 1240. The Kier molecular flexibility index (Phi) is 9.11. The number of aliphatic hydroxyl groups excluding tert-OH is 1. The summed E-state index contributed by atoms with van der Waals surface area (Å²) < 4.78 is 5.42. The third kappa shape index (κ3) is 6.36. The van der Waals surface area contributed by atoms with Crippen LogP contribution in [0, 0.1) is 0 Å². The van der Waals surface area contributed by atoms with E-state index in [1.165, 1.54) is 0 Å². The number of hydrogen-bond donors (Lipinski definition) is 3. The highest BCUT2D eigenvalue weighted by Crippen LogP contribution is 2.36. The maximum atomic E-state index is 13.7. The van der Waals surface area contributed by atoms with Crippen LogP contribution in [0.3, 0.4) is 0 Å². The number of anilines is 2. The Hall–Kier alpha value is -3.31. The van der Waals surface area contributed by atoms with Crippen LogP contribution in [0.25, 0.3) is 0 Å². The van der Waals surface area contributed by atoms with Gasteiger partial charge in [-0.05, 0) is 25.1 Å². The van der Waals surface area contributed by atoms with Crippen LogP contribution in [-0.4, -0.2) is 122 Å². The predicted octanol–water partition coefficient (Wildman–Crippen LogP) is 1.53. The number of nitrogens with one attached hydrogen (secondary N) is 2. The molecule has 0 aromatic heterocycles. The van der Waals surface area contributed by atoms with Crippen LogP contribution in [0.1, 0.15) is 45.2 Å². The molecule has 0 radical (unpaired) electrons. The summed E-state index contributed by atoms with van der Waals surface area (Å²) in [5.74, 6) is -0.296. The number of amides is 1. The summed E-state index contributed by atoms with van der Waals surface area (Å²) in [6, 6.07) is 10.6. The van der Waals surface area contributed by atoms with Crippen LogP contribution in [0.4, 0.5) is 11.4 Å². The van der Waals surface area contributed by atoms with Gasteiger partial charge in [0.15, 0.2) is 11.6 Å². The maximum absolute atomic E-state index is 13.7. The Morgan fingerprint density at radius 2 is 1.48 bits per heavy atom. The number of ketones is 2. The molecule has 5 rings (SSSR count). The summed E-state index contributed by atoms with van der Waals surface area (Å²) >= 11 is 0. The minimum Gasteiger partial charge on any atom is -0.390 e. The van der Waals surface area contributed by atoms with Crippen LogP contribution in [0.5, 0.6) is 0 Å². The molecule has 10 heteroatoms. The zero-order valence-corrected chi connectivity index (χ0v) is 23.2. The number of carbonyl (C=O) groups excluding carboxylic acids is 3. The van der Waals surface area contributed by atoms with Crippen molar-refractivity contribution in [3.8, 4) is 0 Å². The van der Waals surface area contributed by atoms with E-state index >= 15 is 0 Å². The number of hydrogen-bond acceptors (Lipinski definition) is 9. The number of benzene rings is 2. The molecule has 2 fully saturated rings. The van der Waals surface area contributed by atoms with Gasteiger partial charge < -0.3 is 25.4 Å². The number of β-amino-alcohol motifs (C(OH)–C–C–N with tert-alkyl or cyclic N) is 1. The SMILES string of the molecule is CC(=O)N1CCN(C[C@@H](O)CNc2ccc(NCCCN3CCOCC3)c3c2C(=O)c2ccccc2C3=O)CC1. The summed E-state index contributed by atoms with van der Waals surface area (Å²) in [7, 11) is 0. The minimum absolute atomic E-state index is 0.0717. The van der Waals surface area contributed by atoms with Crippen LogP contribution < -0.4 is 10.6 Å². The molecule has 214 valence electrons. The molecule has 1 amide bonds. The molecule has 0 saturated carbocycles. The highest BCUT2D eigenvalue weighted by molar-refractivity contribution is 6.31. The van der Waals surface area contributed by atoms with Gasteiger partial charge in [-0.1, -0.05) is 24.3 Å². The number of morpholine rings is 1. The molecule has 1 aliphatic carbocycles. The molecule has 2 aromatic rings. The molecule has 0 spiro atoms. The zero-order chi connectivity index (χ0) is 28.1. The second-order valence-corrected chi connectivity index (χ2v) is 10.7. The van der Waals surface area contributed by atoms with Crippen molar-refractivity contribution in [3.05, 3.63) is 58.7 Å². The zero-order valence-electron chi connectivity index (χ0n) is 23.2. The van der Waals surface area contributed by atoms with Crippen molar-refractivity contribution in [3.63, 3.8) is 0 Å². The lowest BCUT2D eigenvalue weighted by Crippen LogP contribution is -2.50. The summed E-state index contributed by atoms with van der Waals surface area (Å²) in [6.07, 6.45) is 0.222. The second-order valence-electron chi connectivity index (χ2n) is 10.7. The Labute approximate surface area is 235 Å². The number of nitrogens with zero attached hydrogens (tertiary/aromatic N) is 3. The van der Waals surface area contributed by atoms with E-state index in [1.54, 1.807) is 31.2 Å². The van der Waals surface area contributed by atoms with E-state index < -0.39 is 6.10 Å². The van der Waals surface area contributed by atoms with Gasteiger partial charge in [0.25, 0.3) is 0 Å². The summed E-state index contributed by atoms with van der Waals surface area (Å²) in [5, 5.41) is 17.4. The van der Waals surface area contributed by atoms with Crippen molar-refractivity contribution in [2.45, 2.75) is 19.4 Å².